The molecule has 1 atom stereocenters. The van der Waals surface area contributed by atoms with Crippen LogP contribution >= 0.6 is 0 Å². The summed E-state index contributed by atoms with van der Waals surface area (Å²) in [4.78, 5) is 12.1. The van der Waals surface area contributed by atoms with Crippen LogP contribution in [0.25, 0.3) is 0 Å². The van der Waals surface area contributed by atoms with E-state index in [-0.39, 0.29) is 11.6 Å². The molecular weight excluding hydrogens is 311 g/mol. The molecule has 2 heterocycles. The van der Waals surface area contributed by atoms with E-state index in [1.165, 1.54) is 6.20 Å². The first kappa shape index (κ1) is 15.5. The molecule has 0 spiro atoms. The summed E-state index contributed by atoms with van der Waals surface area (Å²) in [6.45, 7) is 1.26. The van der Waals surface area contributed by atoms with Crippen molar-refractivity contribution < 1.29 is 22.7 Å². The highest BCUT2D eigenvalue weighted by atomic mass is 19.4. The average molecular weight is 325 g/mol. The third-order valence-corrected chi connectivity index (χ3v) is 3.61. The second-order valence-corrected chi connectivity index (χ2v) is 5.26. The molecule has 0 saturated carbocycles. The summed E-state index contributed by atoms with van der Waals surface area (Å²) in [6, 6.07) is 4.20. The molecule has 122 valence electrons. The third-order valence-electron chi connectivity index (χ3n) is 3.61. The molecule has 1 saturated heterocycles. The number of nitrogens with one attached hydrogen (secondary N) is 1. The van der Waals surface area contributed by atoms with E-state index in [0.717, 1.165) is 30.7 Å². The molecule has 1 aromatic carbocycles. The summed E-state index contributed by atoms with van der Waals surface area (Å²) < 4.78 is 44.5. The average Bonchev–Trinajstić information content (AvgIpc) is 3.17. The maximum Gasteiger partial charge on any atom is 0.416 e. The highest BCUT2D eigenvalue weighted by molar-refractivity contribution is 6.04. The van der Waals surface area contributed by atoms with Crippen molar-refractivity contribution in [1.29, 1.82) is 0 Å². The molecule has 8 heteroatoms. The Morgan fingerprint density at radius 2 is 2.04 bits per heavy atom. The van der Waals surface area contributed by atoms with Crippen molar-refractivity contribution in [2.45, 2.75) is 18.6 Å². The summed E-state index contributed by atoms with van der Waals surface area (Å²) in [5.41, 5.74) is -0.153. The Kier molecular flexibility index (Phi) is 4.08. The molecule has 23 heavy (non-hydrogen) atoms. The summed E-state index contributed by atoms with van der Waals surface area (Å²) in [5.74, 6) is -0.485. The third kappa shape index (κ3) is 3.53. The van der Waals surface area contributed by atoms with Crippen LogP contribution in [0.3, 0.4) is 0 Å². The monoisotopic (exact) mass is 325 g/mol. The minimum atomic E-state index is -4.42. The lowest BCUT2D eigenvalue weighted by Gasteiger charge is -2.08. The molecule has 1 unspecified atom stereocenters. The predicted molar refractivity (Wildman–Crippen MR) is 76.1 cm³/mol. The van der Waals surface area contributed by atoms with Crippen LogP contribution in [0.15, 0.2) is 36.7 Å². The van der Waals surface area contributed by atoms with Gasteiger partial charge in [-0.15, -0.1) is 0 Å². The van der Waals surface area contributed by atoms with Gasteiger partial charge < -0.3 is 10.1 Å². The smallest absolute Gasteiger partial charge is 0.379 e. The number of halogens is 3. The molecule has 1 aliphatic rings. The lowest BCUT2D eigenvalue weighted by Crippen LogP contribution is -2.13. The minimum absolute atomic E-state index is 0.145. The Bertz CT molecular complexity index is 689. The van der Waals surface area contributed by atoms with Gasteiger partial charge in [-0.1, -0.05) is 0 Å². The van der Waals surface area contributed by atoms with Gasteiger partial charge in [-0.3, -0.25) is 9.48 Å². The highest BCUT2D eigenvalue weighted by Crippen LogP contribution is 2.29. The van der Waals surface area contributed by atoms with Crippen molar-refractivity contribution in [2.24, 2.45) is 0 Å². The minimum Gasteiger partial charge on any atom is -0.379 e. The van der Waals surface area contributed by atoms with Crippen molar-refractivity contribution in [1.82, 2.24) is 9.78 Å². The normalized spacial score (nSPS) is 18.1. The summed E-state index contributed by atoms with van der Waals surface area (Å²) in [6.07, 6.45) is -0.380. The topological polar surface area (TPSA) is 56.2 Å². The van der Waals surface area contributed by atoms with Gasteiger partial charge in [-0.25, -0.2) is 0 Å². The van der Waals surface area contributed by atoms with Crippen molar-refractivity contribution in [3.63, 3.8) is 0 Å². The number of carbonyl (C=O) groups excluding carboxylic acids is 1. The number of anilines is 1. The molecule has 1 aromatic heterocycles. The Morgan fingerprint density at radius 3 is 2.65 bits per heavy atom. The van der Waals surface area contributed by atoms with Crippen molar-refractivity contribution >= 4 is 11.6 Å². The Morgan fingerprint density at radius 1 is 1.30 bits per heavy atom. The van der Waals surface area contributed by atoms with Gasteiger partial charge in [0.25, 0.3) is 5.91 Å². The number of nitrogens with zero attached hydrogens (tertiary/aromatic N) is 2. The molecular formula is C15H14F3N3O2. The van der Waals surface area contributed by atoms with Crippen LogP contribution < -0.4 is 5.32 Å². The molecule has 0 bridgehead atoms. The highest BCUT2D eigenvalue weighted by Gasteiger charge is 2.30. The fourth-order valence-electron chi connectivity index (χ4n) is 2.35. The van der Waals surface area contributed by atoms with Gasteiger partial charge >= 0.3 is 6.18 Å². The Hall–Kier alpha value is -2.35. The maximum absolute atomic E-state index is 12.5. The quantitative estimate of drug-likeness (QED) is 0.943. The predicted octanol–water partition coefficient (Wildman–Crippen LogP) is 3.12. The number of ether oxygens (including phenoxy) is 1. The molecule has 1 aliphatic heterocycles. The molecule has 1 amide bonds. The number of aromatic nitrogens is 2. The number of amides is 1. The maximum atomic E-state index is 12.5. The van der Waals surface area contributed by atoms with E-state index in [1.54, 1.807) is 10.9 Å². The van der Waals surface area contributed by atoms with Gasteiger partial charge in [0.2, 0.25) is 0 Å². The van der Waals surface area contributed by atoms with Crippen LogP contribution in [0.1, 0.15) is 28.4 Å². The molecule has 5 nitrogen and oxygen atoms in total. The van der Waals surface area contributed by atoms with Gasteiger partial charge in [-0.05, 0) is 30.7 Å². The van der Waals surface area contributed by atoms with Crippen LogP contribution in [0.4, 0.5) is 18.9 Å². The number of carbonyl (C=O) groups is 1. The molecule has 1 N–H and O–H groups in total. The first-order valence-corrected chi connectivity index (χ1v) is 7.04. The van der Waals surface area contributed by atoms with Crippen molar-refractivity contribution in [3.8, 4) is 0 Å². The van der Waals surface area contributed by atoms with Crippen LogP contribution in [0.2, 0.25) is 0 Å². The summed E-state index contributed by atoms with van der Waals surface area (Å²) in [5, 5.41) is 6.78. The summed E-state index contributed by atoms with van der Waals surface area (Å²) >= 11 is 0. The van der Waals surface area contributed by atoms with Crippen LogP contribution in [0.5, 0.6) is 0 Å². The van der Waals surface area contributed by atoms with Gasteiger partial charge in [0.05, 0.1) is 30.1 Å². The molecule has 0 radical (unpaired) electrons. The van der Waals surface area contributed by atoms with Crippen molar-refractivity contribution in [2.75, 3.05) is 18.5 Å². The van der Waals surface area contributed by atoms with Crippen LogP contribution in [-0.2, 0) is 10.9 Å². The number of alkyl halides is 3. The second-order valence-electron chi connectivity index (χ2n) is 5.26. The van der Waals surface area contributed by atoms with E-state index in [4.69, 9.17) is 4.74 Å². The fourth-order valence-corrected chi connectivity index (χ4v) is 2.35. The van der Waals surface area contributed by atoms with Gasteiger partial charge in [0.15, 0.2) is 0 Å². The van der Waals surface area contributed by atoms with Crippen LogP contribution in [0, 0.1) is 0 Å². The van der Waals surface area contributed by atoms with E-state index in [1.807, 2.05) is 0 Å². The van der Waals surface area contributed by atoms with E-state index in [2.05, 4.69) is 10.4 Å². The zero-order valence-electron chi connectivity index (χ0n) is 12.0. The van der Waals surface area contributed by atoms with Crippen LogP contribution in [-0.4, -0.2) is 28.9 Å². The van der Waals surface area contributed by atoms with Crippen molar-refractivity contribution in [3.05, 3.63) is 47.8 Å². The number of hydrogen-bond acceptors (Lipinski definition) is 3. The lowest BCUT2D eigenvalue weighted by atomic mass is 10.1. The number of hydrogen-bond donors (Lipinski definition) is 1. The SMILES string of the molecule is O=C(Nc1cnn(C2CCOC2)c1)c1ccc(C(F)(F)F)cc1. The lowest BCUT2D eigenvalue weighted by molar-refractivity contribution is -0.137. The van der Waals surface area contributed by atoms with E-state index in [0.29, 0.717) is 18.9 Å². The van der Waals surface area contributed by atoms with Gasteiger partial charge in [0.1, 0.15) is 0 Å². The second kappa shape index (κ2) is 6.04. The standard InChI is InChI=1S/C15H14F3N3O2/c16-15(17,18)11-3-1-10(2-4-11)14(22)20-12-7-19-21(8-12)13-5-6-23-9-13/h1-4,7-8,13H,5-6,9H2,(H,20,22). The van der Waals surface area contributed by atoms with E-state index >= 15 is 0 Å². The van der Waals surface area contributed by atoms with Gasteiger partial charge in [-0.2, -0.15) is 18.3 Å². The fraction of sp³-hybridized carbons (Fsp3) is 0.333. The van der Waals surface area contributed by atoms with E-state index < -0.39 is 17.6 Å². The Balaban J connectivity index is 1.67. The summed E-state index contributed by atoms with van der Waals surface area (Å²) in [7, 11) is 0. The zero-order valence-corrected chi connectivity index (χ0v) is 12.0. The number of rotatable bonds is 3. The molecule has 2 aromatic rings. The van der Waals surface area contributed by atoms with Gasteiger partial charge in [0, 0.05) is 18.4 Å². The molecule has 0 aliphatic carbocycles. The zero-order chi connectivity index (χ0) is 16.4. The van der Waals surface area contributed by atoms with E-state index in [9.17, 15) is 18.0 Å². The largest absolute Gasteiger partial charge is 0.416 e. The first-order chi connectivity index (χ1) is 10.9. The number of benzene rings is 1. The molecule has 3 rings (SSSR count). The first-order valence-electron chi connectivity index (χ1n) is 7.04. The molecule has 1 fully saturated rings. The Labute approximate surface area is 130 Å².